The molecule has 5 rings (SSSR count). The van der Waals surface area contributed by atoms with Crippen molar-refractivity contribution in [3.8, 4) is 0 Å². The van der Waals surface area contributed by atoms with Gasteiger partial charge in [0, 0.05) is 24.5 Å². The second-order valence-electron chi connectivity index (χ2n) is 8.23. The normalized spacial score (nSPS) is 29.8. The summed E-state index contributed by atoms with van der Waals surface area (Å²) in [7, 11) is 0. The average Bonchev–Trinajstić information content (AvgIpc) is 2.69. The monoisotopic (exact) mass is 367 g/mol. The number of hydrogen-bond donors (Lipinski definition) is 2. The van der Waals surface area contributed by atoms with Crippen LogP contribution >= 0.6 is 0 Å². The Balaban J connectivity index is 1.48. The quantitative estimate of drug-likeness (QED) is 0.859. The van der Waals surface area contributed by atoms with Crippen LogP contribution in [0.15, 0.2) is 48.2 Å². The van der Waals surface area contributed by atoms with Gasteiger partial charge in [-0.25, -0.2) is 0 Å². The third-order valence-electron chi connectivity index (χ3n) is 6.10. The molecule has 1 aromatic rings. The van der Waals surface area contributed by atoms with Crippen LogP contribution in [0, 0.1) is 5.92 Å². The van der Waals surface area contributed by atoms with Gasteiger partial charge >= 0.3 is 0 Å². The van der Waals surface area contributed by atoms with E-state index in [0.29, 0.717) is 17.4 Å². The number of benzene rings is 1. The van der Waals surface area contributed by atoms with Gasteiger partial charge in [-0.15, -0.1) is 0 Å². The molecular weight excluding hydrogens is 338 g/mol. The molecule has 4 aliphatic heterocycles. The Labute approximate surface area is 161 Å². The van der Waals surface area contributed by atoms with Gasteiger partial charge in [0.05, 0.1) is 5.57 Å². The number of aliphatic hydroxyl groups excluding tert-OH is 1. The lowest BCUT2D eigenvalue weighted by Crippen LogP contribution is -2.57. The average molecular weight is 367 g/mol. The van der Waals surface area contributed by atoms with E-state index < -0.39 is 6.23 Å². The first-order chi connectivity index (χ1) is 13.0. The van der Waals surface area contributed by atoms with Crippen LogP contribution in [0.1, 0.15) is 38.2 Å². The van der Waals surface area contributed by atoms with Gasteiger partial charge < -0.3 is 20.2 Å². The molecule has 5 heteroatoms. The molecule has 4 aliphatic rings. The SMILES string of the molecule is CC(C)c1ccc(N2C=C(C(=O)NC3CN4CCC3CC4)C=CC2O)cc1. The predicted molar refractivity (Wildman–Crippen MR) is 107 cm³/mol. The summed E-state index contributed by atoms with van der Waals surface area (Å²) in [6.07, 6.45) is 6.73. The standard InChI is InChI=1S/C22H29N3O2/c1-15(2)16-3-6-19(7-4-16)25-13-18(5-8-21(25)26)22(27)23-20-14-24-11-9-17(20)10-12-24/h3-8,13,15,17,20-21,26H,9-12,14H2,1-2H3,(H,23,27). The van der Waals surface area contributed by atoms with Crippen LogP contribution in [-0.4, -0.2) is 47.8 Å². The van der Waals surface area contributed by atoms with Crippen molar-refractivity contribution in [1.29, 1.82) is 0 Å². The summed E-state index contributed by atoms with van der Waals surface area (Å²) in [4.78, 5) is 17.0. The molecule has 3 saturated heterocycles. The summed E-state index contributed by atoms with van der Waals surface area (Å²) in [6.45, 7) is 7.59. The summed E-state index contributed by atoms with van der Waals surface area (Å²) < 4.78 is 0. The van der Waals surface area contributed by atoms with Crippen molar-refractivity contribution in [2.75, 3.05) is 24.5 Å². The van der Waals surface area contributed by atoms with Crippen molar-refractivity contribution in [2.24, 2.45) is 5.92 Å². The predicted octanol–water partition coefficient (Wildman–Crippen LogP) is 2.60. The number of anilines is 1. The van der Waals surface area contributed by atoms with E-state index >= 15 is 0 Å². The molecule has 4 heterocycles. The molecule has 0 saturated carbocycles. The third-order valence-corrected chi connectivity index (χ3v) is 6.10. The molecule has 2 N–H and O–H groups in total. The highest BCUT2D eigenvalue weighted by atomic mass is 16.3. The number of rotatable bonds is 4. The number of carbonyl (C=O) groups excluding carboxylic acids is 1. The van der Waals surface area contributed by atoms with E-state index in [2.05, 4.69) is 36.2 Å². The zero-order valence-corrected chi connectivity index (χ0v) is 16.1. The van der Waals surface area contributed by atoms with Crippen molar-refractivity contribution < 1.29 is 9.90 Å². The molecule has 1 aromatic carbocycles. The van der Waals surface area contributed by atoms with Gasteiger partial charge in [0.1, 0.15) is 6.23 Å². The van der Waals surface area contributed by atoms with Gasteiger partial charge in [-0.05, 0) is 67.6 Å². The van der Waals surface area contributed by atoms with Gasteiger partial charge in [-0.1, -0.05) is 26.0 Å². The van der Waals surface area contributed by atoms with E-state index in [0.717, 1.165) is 25.3 Å². The maximum Gasteiger partial charge on any atom is 0.253 e. The smallest absolute Gasteiger partial charge is 0.253 e. The topological polar surface area (TPSA) is 55.8 Å². The minimum absolute atomic E-state index is 0.0549. The maximum absolute atomic E-state index is 12.8. The van der Waals surface area contributed by atoms with E-state index in [-0.39, 0.29) is 11.9 Å². The molecule has 0 aliphatic carbocycles. The third kappa shape index (κ3) is 3.80. The van der Waals surface area contributed by atoms with E-state index in [1.807, 2.05) is 12.1 Å². The molecule has 2 unspecified atom stereocenters. The van der Waals surface area contributed by atoms with Crippen molar-refractivity contribution in [1.82, 2.24) is 10.2 Å². The summed E-state index contributed by atoms with van der Waals surface area (Å²) in [5.41, 5.74) is 2.72. The second kappa shape index (κ2) is 7.49. The molecular formula is C22H29N3O2. The lowest BCUT2D eigenvalue weighted by molar-refractivity contribution is -0.119. The highest BCUT2D eigenvalue weighted by Crippen LogP contribution is 2.28. The summed E-state index contributed by atoms with van der Waals surface area (Å²) in [5.74, 6) is 1.00. The highest BCUT2D eigenvalue weighted by molar-refractivity contribution is 5.97. The van der Waals surface area contributed by atoms with Crippen LogP contribution in [0.5, 0.6) is 0 Å². The fourth-order valence-electron chi connectivity index (χ4n) is 4.32. The molecule has 3 fully saturated rings. The van der Waals surface area contributed by atoms with Gasteiger partial charge in [0.25, 0.3) is 5.91 Å². The van der Waals surface area contributed by atoms with Crippen LogP contribution in [-0.2, 0) is 4.79 Å². The number of carbonyl (C=O) groups is 1. The zero-order valence-electron chi connectivity index (χ0n) is 16.1. The highest BCUT2D eigenvalue weighted by Gasteiger charge is 2.35. The van der Waals surface area contributed by atoms with E-state index in [1.165, 1.54) is 18.4 Å². The number of fused-ring (bicyclic) bond motifs is 3. The number of nitrogens with one attached hydrogen (secondary N) is 1. The number of aliphatic hydroxyl groups is 1. The Morgan fingerprint density at radius 1 is 1.19 bits per heavy atom. The first kappa shape index (κ1) is 18.3. The van der Waals surface area contributed by atoms with Crippen molar-refractivity contribution in [2.45, 2.75) is 44.9 Å². The van der Waals surface area contributed by atoms with E-state index in [4.69, 9.17) is 0 Å². The van der Waals surface area contributed by atoms with E-state index in [9.17, 15) is 9.90 Å². The summed E-state index contributed by atoms with van der Waals surface area (Å²) in [5, 5.41) is 13.6. The fourth-order valence-corrected chi connectivity index (χ4v) is 4.32. The van der Waals surface area contributed by atoms with Gasteiger partial charge in [0.15, 0.2) is 0 Å². The van der Waals surface area contributed by atoms with Crippen LogP contribution in [0.25, 0.3) is 0 Å². The van der Waals surface area contributed by atoms with Crippen molar-refractivity contribution in [3.63, 3.8) is 0 Å². The lowest BCUT2D eigenvalue weighted by Gasteiger charge is -2.45. The first-order valence-electron chi connectivity index (χ1n) is 10.0. The molecule has 144 valence electrons. The maximum atomic E-state index is 12.8. The lowest BCUT2D eigenvalue weighted by atomic mass is 9.84. The molecule has 0 aromatic heterocycles. The second-order valence-corrected chi connectivity index (χ2v) is 8.23. The van der Waals surface area contributed by atoms with Gasteiger partial charge in [0.2, 0.25) is 0 Å². The van der Waals surface area contributed by atoms with E-state index in [1.54, 1.807) is 23.3 Å². The number of piperidine rings is 3. The first-order valence-corrected chi connectivity index (χ1v) is 10.0. The Morgan fingerprint density at radius 2 is 1.89 bits per heavy atom. The molecule has 0 spiro atoms. The van der Waals surface area contributed by atoms with Crippen LogP contribution in [0.3, 0.4) is 0 Å². The number of nitrogens with zero attached hydrogens (tertiary/aromatic N) is 2. The minimum atomic E-state index is -0.761. The Bertz CT molecular complexity index is 745. The van der Waals surface area contributed by atoms with Gasteiger partial charge in [-0.3, -0.25) is 4.79 Å². The fraction of sp³-hybridized carbons (Fsp3) is 0.500. The van der Waals surface area contributed by atoms with Crippen molar-refractivity contribution >= 4 is 11.6 Å². The molecule has 2 bridgehead atoms. The minimum Gasteiger partial charge on any atom is -0.370 e. The number of amides is 1. The van der Waals surface area contributed by atoms with Crippen LogP contribution in [0.2, 0.25) is 0 Å². The summed E-state index contributed by atoms with van der Waals surface area (Å²) >= 11 is 0. The molecule has 0 radical (unpaired) electrons. The molecule has 27 heavy (non-hydrogen) atoms. The zero-order chi connectivity index (χ0) is 19.0. The number of hydrogen-bond acceptors (Lipinski definition) is 4. The molecule has 2 atom stereocenters. The van der Waals surface area contributed by atoms with Gasteiger partial charge in [-0.2, -0.15) is 0 Å². The Hall–Kier alpha value is -2.11. The Kier molecular flexibility index (Phi) is 5.06. The van der Waals surface area contributed by atoms with Crippen LogP contribution in [0.4, 0.5) is 5.69 Å². The Morgan fingerprint density at radius 3 is 2.48 bits per heavy atom. The van der Waals surface area contributed by atoms with Crippen molar-refractivity contribution in [3.05, 3.63) is 53.8 Å². The van der Waals surface area contributed by atoms with Crippen LogP contribution < -0.4 is 10.2 Å². The largest absolute Gasteiger partial charge is 0.370 e. The summed E-state index contributed by atoms with van der Waals surface area (Å²) in [6, 6.07) is 8.38. The molecule has 5 nitrogen and oxygen atoms in total. The molecule has 1 amide bonds.